The van der Waals surface area contributed by atoms with Crippen molar-refractivity contribution in [1.29, 1.82) is 0 Å². The molecule has 3 aromatic rings. The van der Waals surface area contributed by atoms with Gasteiger partial charge in [0.2, 0.25) is 5.89 Å². The van der Waals surface area contributed by atoms with E-state index in [9.17, 15) is 13.2 Å². The minimum Gasteiger partial charge on any atom is -0.482 e. The van der Waals surface area contributed by atoms with Gasteiger partial charge in [-0.25, -0.2) is 8.42 Å². The Bertz CT molecular complexity index is 1240. The van der Waals surface area contributed by atoms with Crippen molar-refractivity contribution in [2.75, 3.05) is 16.2 Å². The molecule has 0 radical (unpaired) electrons. The van der Waals surface area contributed by atoms with Crippen LogP contribution in [0.2, 0.25) is 5.02 Å². The smallest absolute Gasteiger partial charge is 0.265 e. The molecule has 1 aliphatic heterocycles. The minimum atomic E-state index is -3.93. The first kappa shape index (κ1) is 20.2. The number of fused-ring (bicyclic) bond motifs is 1. The molecule has 0 unspecified atom stereocenters. The molecular weight excluding hydrogens is 432 g/mol. The lowest BCUT2D eigenvalue weighted by molar-refractivity contribution is -0.121. The normalized spacial score (nSPS) is 13.7. The average molecular weight is 449 g/mol. The van der Waals surface area contributed by atoms with Gasteiger partial charge in [-0.3, -0.25) is 14.4 Å². The summed E-state index contributed by atoms with van der Waals surface area (Å²) in [5, 5.41) is 4.31. The van der Waals surface area contributed by atoms with E-state index in [4.69, 9.17) is 20.9 Å². The lowest BCUT2D eigenvalue weighted by Crippen LogP contribution is -2.38. The molecule has 11 heteroatoms. The number of rotatable bonds is 5. The van der Waals surface area contributed by atoms with Crippen molar-refractivity contribution >= 4 is 38.9 Å². The van der Waals surface area contributed by atoms with Gasteiger partial charge in [0.1, 0.15) is 5.75 Å². The second kappa shape index (κ2) is 7.62. The summed E-state index contributed by atoms with van der Waals surface area (Å²) >= 11 is 5.94. The fraction of sp³-hybridized carbons (Fsp3) is 0.211. The first-order valence-corrected chi connectivity index (χ1v) is 10.7. The monoisotopic (exact) mass is 448 g/mol. The summed E-state index contributed by atoms with van der Waals surface area (Å²) in [7, 11) is -3.93. The molecule has 1 amide bonds. The topological polar surface area (TPSA) is 115 Å². The van der Waals surface area contributed by atoms with E-state index in [1.807, 2.05) is 0 Å². The highest BCUT2D eigenvalue weighted by Gasteiger charge is 2.29. The molecule has 9 nitrogen and oxygen atoms in total. The van der Waals surface area contributed by atoms with Crippen molar-refractivity contribution in [3.63, 3.8) is 0 Å². The summed E-state index contributed by atoms with van der Waals surface area (Å²) in [5.74, 6) is 0.708. The van der Waals surface area contributed by atoms with Gasteiger partial charge in [-0.2, -0.15) is 4.98 Å². The van der Waals surface area contributed by atoms with Crippen LogP contribution in [0.1, 0.15) is 17.3 Å². The molecular formula is C19H17ClN4O5S. The third-order valence-corrected chi connectivity index (χ3v) is 6.08. The van der Waals surface area contributed by atoms with Crippen molar-refractivity contribution < 1.29 is 22.5 Å². The van der Waals surface area contributed by atoms with E-state index in [1.165, 1.54) is 23.1 Å². The number of hydrogen-bond acceptors (Lipinski definition) is 7. The molecule has 1 N–H and O–H groups in total. The SMILES string of the molecule is Cc1nc(CN2C(=O)COc3ccc(S(=O)(=O)Nc4ccc(Cl)cc4C)cc32)no1. The number of amides is 1. The van der Waals surface area contributed by atoms with Crippen LogP contribution >= 0.6 is 11.6 Å². The van der Waals surface area contributed by atoms with Gasteiger partial charge < -0.3 is 9.26 Å². The summed E-state index contributed by atoms with van der Waals surface area (Å²) in [4.78, 5) is 17.9. The second-order valence-corrected chi connectivity index (χ2v) is 8.81. The highest BCUT2D eigenvalue weighted by atomic mass is 35.5. The largest absolute Gasteiger partial charge is 0.482 e. The van der Waals surface area contributed by atoms with Crippen molar-refractivity contribution in [3.8, 4) is 5.75 Å². The third-order valence-electron chi connectivity index (χ3n) is 4.49. The number of ether oxygens (including phenoxy) is 1. The summed E-state index contributed by atoms with van der Waals surface area (Å²) in [6.45, 7) is 3.25. The van der Waals surface area contributed by atoms with Crippen LogP contribution in [0.15, 0.2) is 45.8 Å². The number of halogens is 1. The molecule has 30 heavy (non-hydrogen) atoms. The van der Waals surface area contributed by atoms with Crippen LogP contribution < -0.4 is 14.4 Å². The van der Waals surface area contributed by atoms with E-state index >= 15 is 0 Å². The molecule has 0 saturated heterocycles. The lowest BCUT2D eigenvalue weighted by Gasteiger charge is -2.28. The summed E-state index contributed by atoms with van der Waals surface area (Å²) in [6.07, 6.45) is 0. The number of nitrogens with one attached hydrogen (secondary N) is 1. The van der Waals surface area contributed by atoms with Gasteiger partial charge >= 0.3 is 0 Å². The number of aryl methyl sites for hydroxylation is 2. The molecule has 156 valence electrons. The highest BCUT2D eigenvalue weighted by molar-refractivity contribution is 7.92. The molecule has 0 bridgehead atoms. The van der Waals surface area contributed by atoms with E-state index in [1.54, 1.807) is 32.0 Å². The molecule has 0 fully saturated rings. The number of benzene rings is 2. The quantitative estimate of drug-likeness (QED) is 0.637. The van der Waals surface area contributed by atoms with Crippen LogP contribution in [-0.4, -0.2) is 31.1 Å². The van der Waals surface area contributed by atoms with Crippen LogP contribution in [0.25, 0.3) is 0 Å². The molecule has 0 saturated carbocycles. The maximum Gasteiger partial charge on any atom is 0.265 e. The zero-order valence-corrected chi connectivity index (χ0v) is 17.6. The lowest BCUT2D eigenvalue weighted by atomic mass is 10.2. The van der Waals surface area contributed by atoms with E-state index in [0.29, 0.717) is 39.4 Å². The van der Waals surface area contributed by atoms with Crippen LogP contribution in [0.3, 0.4) is 0 Å². The van der Waals surface area contributed by atoms with Gasteiger partial charge in [-0.05, 0) is 48.9 Å². The predicted octanol–water partition coefficient (Wildman–Crippen LogP) is 3.07. The zero-order valence-electron chi connectivity index (χ0n) is 16.0. The summed E-state index contributed by atoms with van der Waals surface area (Å²) in [5.41, 5.74) is 1.39. The van der Waals surface area contributed by atoms with Gasteiger partial charge in [-0.1, -0.05) is 16.8 Å². The summed E-state index contributed by atoms with van der Waals surface area (Å²) in [6, 6.07) is 9.16. The number of sulfonamides is 1. The highest BCUT2D eigenvalue weighted by Crippen LogP contribution is 2.35. The number of aromatic nitrogens is 2. The van der Waals surface area contributed by atoms with Crippen molar-refractivity contribution in [2.45, 2.75) is 25.3 Å². The van der Waals surface area contributed by atoms with Crippen molar-refractivity contribution in [2.24, 2.45) is 0 Å². The van der Waals surface area contributed by atoms with Crippen molar-refractivity contribution in [3.05, 3.63) is 58.7 Å². The van der Waals surface area contributed by atoms with E-state index in [2.05, 4.69) is 14.9 Å². The standard InChI is InChI=1S/C19H17ClN4O5S/c1-11-7-13(20)3-5-15(11)23-30(26,27)14-4-6-17-16(8-14)24(19(25)10-28-17)9-18-21-12(2)29-22-18/h3-8,23H,9-10H2,1-2H3. The predicted molar refractivity (Wildman–Crippen MR) is 109 cm³/mol. The number of carbonyl (C=O) groups is 1. The van der Waals surface area contributed by atoms with Gasteiger partial charge in [0.05, 0.1) is 22.8 Å². The van der Waals surface area contributed by atoms with Crippen LogP contribution in [-0.2, 0) is 21.4 Å². The number of carbonyl (C=O) groups excluding carboxylic acids is 1. The zero-order chi connectivity index (χ0) is 21.5. The molecule has 1 aliphatic rings. The van der Waals surface area contributed by atoms with E-state index < -0.39 is 10.0 Å². The number of hydrogen-bond donors (Lipinski definition) is 1. The maximum absolute atomic E-state index is 12.9. The Kier molecular flexibility index (Phi) is 5.12. The maximum atomic E-state index is 12.9. The Morgan fingerprint density at radius 1 is 1.20 bits per heavy atom. The van der Waals surface area contributed by atoms with Gasteiger partial charge in [0, 0.05) is 11.9 Å². The molecule has 4 rings (SSSR count). The van der Waals surface area contributed by atoms with Gasteiger partial charge in [0.15, 0.2) is 12.4 Å². The molecule has 1 aromatic heterocycles. The Morgan fingerprint density at radius 3 is 2.70 bits per heavy atom. The minimum absolute atomic E-state index is 0.0248. The van der Waals surface area contributed by atoms with Crippen LogP contribution in [0.4, 0.5) is 11.4 Å². The van der Waals surface area contributed by atoms with Crippen LogP contribution in [0.5, 0.6) is 5.75 Å². The molecule has 0 spiro atoms. The first-order chi connectivity index (χ1) is 14.2. The van der Waals surface area contributed by atoms with E-state index in [0.717, 1.165) is 0 Å². The fourth-order valence-electron chi connectivity index (χ4n) is 3.01. The second-order valence-electron chi connectivity index (χ2n) is 6.69. The summed E-state index contributed by atoms with van der Waals surface area (Å²) < 4.78 is 38.8. The Balaban J connectivity index is 1.68. The number of anilines is 2. The Hall–Kier alpha value is -3.11. The Labute approximate surface area is 177 Å². The third kappa shape index (κ3) is 3.96. The molecule has 2 aromatic carbocycles. The van der Waals surface area contributed by atoms with E-state index in [-0.39, 0.29) is 24.0 Å². The Morgan fingerprint density at radius 2 is 2.00 bits per heavy atom. The fourth-order valence-corrected chi connectivity index (χ4v) is 4.39. The average Bonchev–Trinajstić information content (AvgIpc) is 3.11. The molecule has 0 atom stereocenters. The molecule has 0 aliphatic carbocycles. The first-order valence-electron chi connectivity index (χ1n) is 8.88. The van der Waals surface area contributed by atoms with Gasteiger partial charge in [0.25, 0.3) is 15.9 Å². The van der Waals surface area contributed by atoms with Gasteiger partial charge in [-0.15, -0.1) is 0 Å². The van der Waals surface area contributed by atoms with Crippen LogP contribution in [0, 0.1) is 13.8 Å². The van der Waals surface area contributed by atoms with Crippen molar-refractivity contribution in [1.82, 2.24) is 10.1 Å². The number of nitrogens with zero attached hydrogens (tertiary/aromatic N) is 3. The molecule has 2 heterocycles.